The largest absolute Gasteiger partial charge is 0.573 e. The van der Waals surface area contributed by atoms with Gasteiger partial charge in [-0.1, -0.05) is 11.8 Å². The molecule has 0 aliphatic carbocycles. The lowest BCUT2D eigenvalue weighted by Gasteiger charge is -2.11. The Morgan fingerprint density at radius 2 is 1.67 bits per heavy atom. The van der Waals surface area contributed by atoms with Gasteiger partial charge in [-0.2, -0.15) is 0 Å². The summed E-state index contributed by atoms with van der Waals surface area (Å²) in [6.07, 6.45) is -6.08. The van der Waals surface area contributed by atoms with Crippen molar-refractivity contribution in [3.05, 3.63) is 54.1 Å². The summed E-state index contributed by atoms with van der Waals surface area (Å²) < 4.78 is 67.1. The Hall–Kier alpha value is -2.57. The molecule has 1 atom stereocenters. The van der Waals surface area contributed by atoms with E-state index in [0.717, 1.165) is 24.3 Å². The molecule has 12 heteroatoms. The van der Waals surface area contributed by atoms with Gasteiger partial charge in [0.25, 0.3) is 10.0 Å². The van der Waals surface area contributed by atoms with Gasteiger partial charge in [-0.3, -0.25) is 14.3 Å². The number of alkyl halides is 3. The Labute approximate surface area is 174 Å². The van der Waals surface area contributed by atoms with Crippen LogP contribution in [0.15, 0.2) is 53.4 Å². The summed E-state index contributed by atoms with van der Waals surface area (Å²) in [5.41, 5.74) is 0.354. The van der Waals surface area contributed by atoms with E-state index in [1.807, 2.05) is 0 Å². The minimum absolute atomic E-state index is 0.120. The number of hydrogen-bond acceptors (Lipinski definition) is 7. The second-order valence-electron chi connectivity index (χ2n) is 5.91. The van der Waals surface area contributed by atoms with Crippen molar-refractivity contribution < 1.29 is 41.0 Å². The summed E-state index contributed by atoms with van der Waals surface area (Å²) in [5.74, 6) is -1.12. The highest BCUT2D eigenvalue weighted by molar-refractivity contribution is 8.14. The van der Waals surface area contributed by atoms with Crippen LogP contribution in [0.1, 0.15) is 17.3 Å². The third kappa shape index (κ3) is 7.04. The minimum Gasteiger partial charge on any atom is -0.406 e. The lowest BCUT2D eigenvalue weighted by molar-refractivity contribution is -0.274. The number of benzene rings is 2. The van der Waals surface area contributed by atoms with Gasteiger partial charge in [0.15, 0.2) is 5.78 Å². The number of ketones is 1. The highest BCUT2D eigenvalue weighted by Crippen LogP contribution is 2.25. The molecule has 2 rings (SSSR count). The summed E-state index contributed by atoms with van der Waals surface area (Å²) >= 11 is 0.673. The lowest BCUT2D eigenvalue weighted by atomic mass is 10.1. The zero-order chi connectivity index (χ0) is 22.5. The predicted molar refractivity (Wildman–Crippen MR) is 104 cm³/mol. The maximum atomic E-state index is 12.4. The second kappa shape index (κ2) is 9.49. The molecule has 30 heavy (non-hydrogen) atoms. The zero-order valence-electron chi connectivity index (χ0n) is 15.3. The fourth-order valence-electron chi connectivity index (χ4n) is 2.10. The first-order valence-electron chi connectivity index (χ1n) is 8.24. The number of aliphatic hydroxyl groups excluding tert-OH is 1. The molecule has 0 aliphatic heterocycles. The van der Waals surface area contributed by atoms with Crippen LogP contribution in [0.4, 0.5) is 18.9 Å². The van der Waals surface area contributed by atoms with E-state index in [1.54, 1.807) is 0 Å². The molecule has 0 saturated carbocycles. The first-order chi connectivity index (χ1) is 13.9. The van der Waals surface area contributed by atoms with Gasteiger partial charge in [0.05, 0.1) is 10.6 Å². The fourth-order valence-corrected chi connectivity index (χ4v) is 3.84. The van der Waals surface area contributed by atoms with Crippen LogP contribution in [0, 0.1) is 0 Å². The third-order valence-electron chi connectivity index (χ3n) is 3.51. The molecule has 2 aromatic rings. The zero-order valence-corrected chi connectivity index (χ0v) is 17.0. The number of ether oxygens (including phenoxy) is 1. The smallest absolute Gasteiger partial charge is 0.406 e. The average molecular weight is 463 g/mol. The van der Waals surface area contributed by atoms with Crippen molar-refractivity contribution in [1.82, 2.24) is 0 Å². The molecule has 0 radical (unpaired) electrons. The van der Waals surface area contributed by atoms with Gasteiger partial charge < -0.3 is 9.84 Å². The standard InChI is InChI=1S/C18H16F3NO6S2/c1-11(23)17(25)29-10-16(24)12-2-4-13(5-3-12)22-30(26,27)15-8-6-14(7-9-15)28-18(19,20)21/h2-9,11,22-23H,10H2,1H3. The number of sulfonamides is 1. The van der Waals surface area contributed by atoms with Crippen molar-refractivity contribution in [3.8, 4) is 5.75 Å². The molecule has 0 aromatic heterocycles. The number of carbonyl (C=O) groups excluding carboxylic acids is 2. The lowest BCUT2D eigenvalue weighted by Crippen LogP contribution is -2.17. The monoisotopic (exact) mass is 463 g/mol. The van der Waals surface area contributed by atoms with Crippen molar-refractivity contribution in [1.29, 1.82) is 0 Å². The SMILES string of the molecule is CC(O)C(=O)SCC(=O)c1ccc(NS(=O)(=O)c2ccc(OC(F)(F)F)cc2)cc1. The van der Waals surface area contributed by atoms with Crippen LogP contribution < -0.4 is 9.46 Å². The number of Topliss-reactive ketones (excluding diaryl/α,β-unsaturated/α-hetero) is 1. The third-order valence-corrected chi connectivity index (χ3v) is 5.94. The summed E-state index contributed by atoms with van der Waals surface area (Å²) in [6, 6.07) is 9.02. The van der Waals surface area contributed by atoms with Gasteiger partial charge >= 0.3 is 6.36 Å². The second-order valence-corrected chi connectivity index (χ2v) is 8.57. The molecule has 0 fully saturated rings. The molecule has 162 valence electrons. The Morgan fingerprint density at radius 1 is 1.10 bits per heavy atom. The van der Waals surface area contributed by atoms with Crippen LogP contribution >= 0.6 is 11.8 Å². The average Bonchev–Trinajstić information content (AvgIpc) is 2.65. The van der Waals surface area contributed by atoms with E-state index in [2.05, 4.69) is 9.46 Å². The van der Waals surface area contributed by atoms with Crippen LogP contribution in [-0.4, -0.2) is 42.6 Å². The number of hydrogen-bond donors (Lipinski definition) is 2. The Balaban J connectivity index is 2.03. The normalized spacial score (nSPS) is 12.8. The Kier molecular flexibility index (Phi) is 7.50. The van der Waals surface area contributed by atoms with E-state index in [-0.39, 0.29) is 27.7 Å². The summed E-state index contributed by atoms with van der Waals surface area (Å²) in [5, 5.41) is 8.56. The van der Waals surface area contributed by atoms with E-state index in [1.165, 1.54) is 31.2 Å². The topological polar surface area (TPSA) is 110 Å². The van der Waals surface area contributed by atoms with Crippen LogP contribution in [-0.2, 0) is 14.8 Å². The van der Waals surface area contributed by atoms with Crippen LogP contribution in [0.3, 0.4) is 0 Å². The summed E-state index contributed by atoms with van der Waals surface area (Å²) in [4.78, 5) is 23.1. The number of carbonyl (C=O) groups is 2. The Morgan fingerprint density at radius 3 is 2.17 bits per heavy atom. The molecule has 0 saturated heterocycles. The first kappa shape index (κ1) is 23.7. The van der Waals surface area contributed by atoms with Crippen molar-refractivity contribution >= 4 is 38.4 Å². The van der Waals surface area contributed by atoms with Crippen molar-refractivity contribution in [2.75, 3.05) is 10.5 Å². The van der Waals surface area contributed by atoms with Gasteiger partial charge in [-0.15, -0.1) is 13.2 Å². The van der Waals surface area contributed by atoms with Gasteiger partial charge in [0.2, 0.25) is 5.12 Å². The number of halogens is 3. The summed E-state index contributed by atoms with van der Waals surface area (Å²) in [7, 11) is -4.09. The molecule has 0 amide bonds. The van der Waals surface area contributed by atoms with E-state index >= 15 is 0 Å². The van der Waals surface area contributed by atoms with Gasteiger partial charge in [0.1, 0.15) is 11.9 Å². The Bertz CT molecular complexity index is 1000. The van der Waals surface area contributed by atoms with Gasteiger partial charge in [0, 0.05) is 11.3 Å². The maximum Gasteiger partial charge on any atom is 0.573 e. The van der Waals surface area contributed by atoms with Gasteiger partial charge in [-0.25, -0.2) is 8.42 Å². The van der Waals surface area contributed by atoms with Crippen molar-refractivity contribution in [2.45, 2.75) is 24.3 Å². The number of nitrogens with one attached hydrogen (secondary N) is 1. The molecule has 7 nitrogen and oxygen atoms in total. The van der Waals surface area contributed by atoms with E-state index in [9.17, 15) is 31.2 Å². The number of thioether (sulfide) groups is 1. The molecule has 2 aromatic carbocycles. The maximum absolute atomic E-state index is 12.4. The van der Waals surface area contributed by atoms with Gasteiger partial charge in [-0.05, 0) is 55.5 Å². The number of aliphatic hydroxyl groups is 1. The molecular weight excluding hydrogens is 447 g/mol. The highest BCUT2D eigenvalue weighted by atomic mass is 32.2. The van der Waals surface area contributed by atoms with E-state index < -0.39 is 33.4 Å². The van der Waals surface area contributed by atoms with E-state index in [0.29, 0.717) is 11.8 Å². The van der Waals surface area contributed by atoms with E-state index in [4.69, 9.17) is 5.11 Å². The molecular formula is C18H16F3NO6S2. The van der Waals surface area contributed by atoms with Crippen LogP contribution in [0.5, 0.6) is 5.75 Å². The molecule has 2 N–H and O–H groups in total. The summed E-state index contributed by atoms with van der Waals surface area (Å²) in [6.45, 7) is 1.29. The molecule has 0 aliphatic rings. The van der Waals surface area contributed by atoms with Crippen molar-refractivity contribution in [3.63, 3.8) is 0 Å². The predicted octanol–water partition coefficient (Wildman–Crippen LogP) is 3.21. The van der Waals surface area contributed by atoms with Crippen LogP contribution in [0.2, 0.25) is 0 Å². The minimum atomic E-state index is -4.89. The number of rotatable bonds is 8. The first-order valence-corrected chi connectivity index (χ1v) is 10.7. The quantitative estimate of drug-likeness (QED) is 0.579. The fraction of sp³-hybridized carbons (Fsp3) is 0.222. The highest BCUT2D eigenvalue weighted by Gasteiger charge is 2.31. The number of anilines is 1. The van der Waals surface area contributed by atoms with Crippen LogP contribution in [0.25, 0.3) is 0 Å². The molecule has 0 bridgehead atoms. The van der Waals surface area contributed by atoms with Crippen molar-refractivity contribution in [2.24, 2.45) is 0 Å². The molecule has 1 unspecified atom stereocenters. The molecule has 0 spiro atoms. The molecule has 0 heterocycles.